The van der Waals surface area contributed by atoms with Crippen molar-refractivity contribution in [3.05, 3.63) is 42.2 Å². The largest absolute Gasteiger partial charge is 0.491 e. The number of aromatic nitrogens is 2. The lowest BCUT2D eigenvalue weighted by molar-refractivity contribution is 0.0697. The number of benzene rings is 1. The molecule has 0 unspecified atom stereocenters. The Morgan fingerprint density at radius 2 is 2.22 bits per heavy atom. The highest BCUT2D eigenvalue weighted by Crippen LogP contribution is 2.22. The SMILES string of the molecule is CCCOc1ccccc1-n1cc(C(=O)O)cn1. The van der Waals surface area contributed by atoms with Crippen LogP contribution in [0, 0.1) is 0 Å². The van der Waals surface area contributed by atoms with E-state index >= 15 is 0 Å². The summed E-state index contributed by atoms with van der Waals surface area (Å²) >= 11 is 0. The predicted molar refractivity (Wildman–Crippen MR) is 66.3 cm³/mol. The topological polar surface area (TPSA) is 64.3 Å². The normalized spacial score (nSPS) is 10.3. The number of para-hydroxylation sites is 2. The van der Waals surface area contributed by atoms with Crippen LogP contribution < -0.4 is 4.74 Å². The molecule has 0 aliphatic carbocycles. The standard InChI is InChI=1S/C13H14N2O3/c1-2-7-18-12-6-4-3-5-11(12)15-9-10(8-14-15)13(16)17/h3-6,8-9H,2,7H2,1H3,(H,16,17). The fourth-order valence-electron chi connectivity index (χ4n) is 1.55. The molecular formula is C13H14N2O3. The van der Waals surface area contributed by atoms with Gasteiger partial charge >= 0.3 is 5.97 Å². The Balaban J connectivity index is 2.33. The van der Waals surface area contributed by atoms with E-state index in [1.165, 1.54) is 17.1 Å². The highest BCUT2D eigenvalue weighted by molar-refractivity contribution is 5.87. The van der Waals surface area contributed by atoms with Gasteiger partial charge in [0.25, 0.3) is 0 Å². The second-order valence-corrected chi connectivity index (χ2v) is 3.79. The van der Waals surface area contributed by atoms with Gasteiger partial charge in [-0.25, -0.2) is 9.48 Å². The van der Waals surface area contributed by atoms with Crippen LogP contribution in [0.3, 0.4) is 0 Å². The van der Waals surface area contributed by atoms with E-state index < -0.39 is 5.97 Å². The van der Waals surface area contributed by atoms with Gasteiger partial charge in [-0.2, -0.15) is 5.10 Å². The maximum absolute atomic E-state index is 10.8. The second-order valence-electron chi connectivity index (χ2n) is 3.79. The van der Waals surface area contributed by atoms with Crippen LogP contribution in [0.5, 0.6) is 5.75 Å². The molecule has 0 bridgehead atoms. The summed E-state index contributed by atoms with van der Waals surface area (Å²) in [6.07, 6.45) is 3.70. The molecule has 1 aromatic heterocycles. The Hall–Kier alpha value is -2.30. The lowest BCUT2D eigenvalue weighted by Gasteiger charge is -2.10. The molecule has 5 nitrogen and oxygen atoms in total. The molecule has 0 saturated carbocycles. The molecule has 5 heteroatoms. The van der Waals surface area contributed by atoms with Crippen LogP contribution in [0.15, 0.2) is 36.7 Å². The third-order valence-corrected chi connectivity index (χ3v) is 2.40. The summed E-state index contributed by atoms with van der Waals surface area (Å²) in [5.74, 6) is -0.299. The lowest BCUT2D eigenvalue weighted by Crippen LogP contribution is -2.02. The van der Waals surface area contributed by atoms with Crippen LogP contribution in [-0.4, -0.2) is 27.5 Å². The maximum atomic E-state index is 10.8. The molecule has 94 valence electrons. The number of rotatable bonds is 5. The molecule has 0 fully saturated rings. The van der Waals surface area contributed by atoms with Crippen LogP contribution >= 0.6 is 0 Å². The summed E-state index contributed by atoms with van der Waals surface area (Å²) in [6, 6.07) is 7.41. The van der Waals surface area contributed by atoms with Gasteiger partial charge in [-0.3, -0.25) is 0 Å². The Bertz CT molecular complexity index is 549. The minimum Gasteiger partial charge on any atom is -0.491 e. The minimum absolute atomic E-state index is 0.153. The Kier molecular flexibility index (Phi) is 3.62. The molecule has 0 saturated heterocycles. The molecular weight excluding hydrogens is 232 g/mol. The quantitative estimate of drug-likeness (QED) is 0.879. The zero-order valence-corrected chi connectivity index (χ0v) is 10.0. The predicted octanol–water partition coefficient (Wildman–Crippen LogP) is 2.36. The summed E-state index contributed by atoms with van der Waals surface area (Å²) in [4.78, 5) is 10.8. The highest BCUT2D eigenvalue weighted by atomic mass is 16.5. The Morgan fingerprint density at radius 1 is 1.44 bits per heavy atom. The van der Waals surface area contributed by atoms with E-state index in [1.54, 1.807) is 0 Å². The van der Waals surface area contributed by atoms with Crippen molar-refractivity contribution in [1.82, 2.24) is 9.78 Å². The third-order valence-electron chi connectivity index (χ3n) is 2.40. The smallest absolute Gasteiger partial charge is 0.338 e. The van der Waals surface area contributed by atoms with Crippen molar-refractivity contribution in [3.63, 3.8) is 0 Å². The number of aromatic carboxylic acids is 1. The summed E-state index contributed by atoms with van der Waals surface area (Å²) in [5, 5.41) is 12.9. The minimum atomic E-state index is -0.992. The first kappa shape index (κ1) is 12.2. The highest BCUT2D eigenvalue weighted by Gasteiger charge is 2.10. The molecule has 0 aliphatic rings. The van der Waals surface area contributed by atoms with E-state index in [0.717, 1.165) is 12.1 Å². The average molecular weight is 246 g/mol. The maximum Gasteiger partial charge on any atom is 0.338 e. The zero-order valence-electron chi connectivity index (χ0n) is 10.0. The lowest BCUT2D eigenvalue weighted by atomic mass is 10.3. The molecule has 0 radical (unpaired) electrons. The summed E-state index contributed by atoms with van der Waals surface area (Å²) in [7, 11) is 0. The molecule has 0 spiro atoms. The van der Waals surface area contributed by atoms with Crippen LogP contribution in [0.4, 0.5) is 0 Å². The van der Waals surface area contributed by atoms with Crippen molar-refractivity contribution in [2.75, 3.05) is 6.61 Å². The number of carbonyl (C=O) groups is 1. The van der Waals surface area contributed by atoms with Gasteiger partial charge < -0.3 is 9.84 Å². The van der Waals surface area contributed by atoms with Crippen molar-refractivity contribution in [2.45, 2.75) is 13.3 Å². The van der Waals surface area contributed by atoms with E-state index in [0.29, 0.717) is 12.4 Å². The average Bonchev–Trinajstić information content (AvgIpc) is 2.86. The first-order chi connectivity index (χ1) is 8.72. The Morgan fingerprint density at radius 3 is 2.89 bits per heavy atom. The summed E-state index contributed by atoms with van der Waals surface area (Å²) in [6.45, 7) is 2.64. The number of ether oxygens (including phenoxy) is 1. The van der Waals surface area contributed by atoms with Gasteiger partial charge in [0.15, 0.2) is 0 Å². The molecule has 0 atom stereocenters. The molecule has 0 aliphatic heterocycles. The summed E-state index contributed by atoms with van der Waals surface area (Å²) < 4.78 is 7.11. The van der Waals surface area contributed by atoms with E-state index in [1.807, 2.05) is 31.2 Å². The molecule has 18 heavy (non-hydrogen) atoms. The van der Waals surface area contributed by atoms with E-state index in [2.05, 4.69) is 5.10 Å². The second kappa shape index (κ2) is 5.35. The third kappa shape index (κ3) is 2.51. The van der Waals surface area contributed by atoms with Crippen molar-refractivity contribution in [1.29, 1.82) is 0 Å². The monoisotopic (exact) mass is 246 g/mol. The van der Waals surface area contributed by atoms with E-state index in [4.69, 9.17) is 9.84 Å². The van der Waals surface area contributed by atoms with Crippen LogP contribution in [0.2, 0.25) is 0 Å². The fourth-order valence-corrected chi connectivity index (χ4v) is 1.55. The first-order valence-corrected chi connectivity index (χ1v) is 5.72. The van der Waals surface area contributed by atoms with Gasteiger partial charge in [0.1, 0.15) is 11.4 Å². The van der Waals surface area contributed by atoms with Gasteiger partial charge in [0, 0.05) is 6.20 Å². The molecule has 0 amide bonds. The van der Waals surface area contributed by atoms with Crippen molar-refractivity contribution < 1.29 is 14.6 Å². The van der Waals surface area contributed by atoms with Crippen molar-refractivity contribution in [3.8, 4) is 11.4 Å². The van der Waals surface area contributed by atoms with E-state index in [-0.39, 0.29) is 5.56 Å². The summed E-state index contributed by atoms with van der Waals surface area (Å²) in [5.41, 5.74) is 0.888. The van der Waals surface area contributed by atoms with Crippen LogP contribution in [-0.2, 0) is 0 Å². The number of carboxylic acid groups (broad SMARTS) is 1. The molecule has 1 aromatic carbocycles. The number of hydrogen-bond donors (Lipinski definition) is 1. The molecule has 1 N–H and O–H groups in total. The van der Waals surface area contributed by atoms with Crippen LogP contribution in [0.25, 0.3) is 5.69 Å². The molecule has 2 aromatic rings. The first-order valence-electron chi connectivity index (χ1n) is 5.72. The van der Waals surface area contributed by atoms with Gasteiger partial charge in [-0.1, -0.05) is 19.1 Å². The van der Waals surface area contributed by atoms with Gasteiger partial charge in [-0.15, -0.1) is 0 Å². The van der Waals surface area contributed by atoms with E-state index in [9.17, 15) is 4.79 Å². The number of nitrogens with zero attached hydrogens (tertiary/aromatic N) is 2. The van der Waals surface area contributed by atoms with Gasteiger partial charge in [0.2, 0.25) is 0 Å². The molecule has 2 rings (SSSR count). The fraction of sp³-hybridized carbons (Fsp3) is 0.231. The van der Waals surface area contributed by atoms with Crippen LogP contribution in [0.1, 0.15) is 23.7 Å². The zero-order chi connectivity index (χ0) is 13.0. The Labute approximate surface area is 105 Å². The number of carboxylic acids is 1. The van der Waals surface area contributed by atoms with Gasteiger partial charge in [-0.05, 0) is 18.6 Å². The van der Waals surface area contributed by atoms with Gasteiger partial charge in [0.05, 0.1) is 18.4 Å². The molecule has 1 heterocycles. The number of hydrogen-bond acceptors (Lipinski definition) is 3. The van der Waals surface area contributed by atoms with Crippen molar-refractivity contribution >= 4 is 5.97 Å². The van der Waals surface area contributed by atoms with Crippen molar-refractivity contribution in [2.24, 2.45) is 0 Å².